The third-order valence-electron chi connectivity index (χ3n) is 2.58. The van der Waals surface area contributed by atoms with Crippen molar-refractivity contribution >= 4 is 48.3 Å². The van der Waals surface area contributed by atoms with E-state index in [2.05, 4.69) is 0 Å². The molecule has 1 aromatic carbocycles. The molecule has 0 amide bonds. The normalized spacial score (nSPS) is 13.2. The first-order valence-electron chi connectivity index (χ1n) is 5.56. The van der Waals surface area contributed by atoms with Crippen molar-refractivity contribution in [1.82, 2.24) is 0 Å². The van der Waals surface area contributed by atoms with Gasteiger partial charge in [0.2, 0.25) is 0 Å². The van der Waals surface area contributed by atoms with Gasteiger partial charge >= 0.3 is 122 Å². The van der Waals surface area contributed by atoms with Crippen LogP contribution in [-0.4, -0.2) is 40.0 Å². The molecule has 19 heavy (non-hydrogen) atoms. The van der Waals surface area contributed by atoms with Crippen LogP contribution in [0.4, 0.5) is 0 Å². The Morgan fingerprint density at radius 3 is 2.84 bits per heavy atom. The fourth-order valence-corrected chi connectivity index (χ4v) is 4.12. The molecule has 1 unspecified atom stereocenters. The van der Waals surface area contributed by atoms with E-state index < -0.39 is 21.7 Å². The van der Waals surface area contributed by atoms with E-state index in [1.807, 2.05) is 12.2 Å². The Bertz CT molecular complexity index is 580. The second-order valence-corrected chi connectivity index (χ2v) is 7.37. The number of carbonyl (C=O) groups excluding carboxylic acids is 2. The molecule has 0 aliphatic carbocycles. The van der Waals surface area contributed by atoms with Crippen molar-refractivity contribution in [3.05, 3.63) is 28.3 Å². The van der Waals surface area contributed by atoms with Crippen molar-refractivity contribution in [2.45, 2.75) is 6.92 Å². The van der Waals surface area contributed by atoms with Gasteiger partial charge in [0.25, 0.3) is 0 Å². The SMILES string of the molecule is COC(=O)c1cc(Cl)c([AsH]C(C)=O)c2c1OCC=C2. The summed E-state index contributed by atoms with van der Waals surface area (Å²) in [6.07, 6.45) is 3.68. The number of hydrogen-bond donors (Lipinski definition) is 0. The van der Waals surface area contributed by atoms with E-state index >= 15 is 0 Å². The van der Waals surface area contributed by atoms with Crippen LogP contribution in [0.2, 0.25) is 5.02 Å². The van der Waals surface area contributed by atoms with Gasteiger partial charge in [-0.25, -0.2) is 0 Å². The first-order valence-corrected chi connectivity index (χ1v) is 8.04. The molecule has 0 bridgehead atoms. The fraction of sp³-hybridized carbons (Fsp3) is 0.231. The Morgan fingerprint density at radius 1 is 1.47 bits per heavy atom. The molecular weight excluding hydrogens is 331 g/mol. The molecule has 1 aromatic rings. The van der Waals surface area contributed by atoms with Crippen molar-refractivity contribution < 1.29 is 19.1 Å². The van der Waals surface area contributed by atoms with Gasteiger partial charge in [-0.3, -0.25) is 0 Å². The van der Waals surface area contributed by atoms with Crippen LogP contribution >= 0.6 is 11.6 Å². The number of fused-ring (bicyclic) bond motifs is 1. The average Bonchev–Trinajstić information content (AvgIpc) is 2.40. The molecule has 0 radical (unpaired) electrons. The summed E-state index contributed by atoms with van der Waals surface area (Å²) in [4.78, 5) is 23.1. The minimum absolute atomic E-state index is 0.119. The van der Waals surface area contributed by atoms with Gasteiger partial charge in [-0.05, 0) is 0 Å². The van der Waals surface area contributed by atoms with Gasteiger partial charge in [0, 0.05) is 0 Å². The summed E-state index contributed by atoms with van der Waals surface area (Å²) < 4.78 is 11.2. The minimum atomic E-state index is -1.01. The van der Waals surface area contributed by atoms with Gasteiger partial charge in [0.15, 0.2) is 0 Å². The number of benzene rings is 1. The zero-order chi connectivity index (χ0) is 14.0. The number of hydrogen-bond acceptors (Lipinski definition) is 4. The summed E-state index contributed by atoms with van der Waals surface area (Å²) >= 11 is 5.18. The van der Waals surface area contributed by atoms with E-state index in [4.69, 9.17) is 21.1 Å². The fourth-order valence-electron chi connectivity index (χ4n) is 1.83. The molecule has 0 spiro atoms. The summed E-state index contributed by atoms with van der Waals surface area (Å²) in [5, 5.41) is 0.421. The molecule has 2 rings (SSSR count). The maximum atomic E-state index is 11.7. The molecule has 0 saturated carbocycles. The van der Waals surface area contributed by atoms with Gasteiger partial charge in [-0.1, -0.05) is 0 Å². The van der Waals surface area contributed by atoms with Gasteiger partial charge in [-0.15, -0.1) is 0 Å². The second kappa shape index (κ2) is 5.81. The van der Waals surface area contributed by atoms with Crippen molar-refractivity contribution in [2.24, 2.45) is 0 Å². The molecule has 1 heterocycles. The van der Waals surface area contributed by atoms with Crippen LogP contribution in [0.15, 0.2) is 12.1 Å². The molecule has 4 nitrogen and oxygen atoms in total. The van der Waals surface area contributed by atoms with Gasteiger partial charge in [0.05, 0.1) is 0 Å². The van der Waals surface area contributed by atoms with Crippen LogP contribution in [0.25, 0.3) is 6.08 Å². The Labute approximate surface area is 122 Å². The number of halogens is 1. The molecule has 100 valence electrons. The van der Waals surface area contributed by atoms with Crippen LogP contribution < -0.4 is 9.09 Å². The molecule has 1 atom stereocenters. The molecule has 1 aliphatic heterocycles. The summed E-state index contributed by atoms with van der Waals surface area (Å²) in [5.41, 5.74) is 1.03. The number of ether oxygens (including phenoxy) is 2. The van der Waals surface area contributed by atoms with Crippen LogP contribution in [0.1, 0.15) is 22.8 Å². The molecule has 0 fully saturated rings. The van der Waals surface area contributed by atoms with Crippen LogP contribution in [-0.2, 0) is 9.53 Å². The van der Waals surface area contributed by atoms with Crippen molar-refractivity contribution in [2.75, 3.05) is 13.7 Å². The van der Waals surface area contributed by atoms with Crippen LogP contribution in [0, 0.1) is 0 Å². The van der Waals surface area contributed by atoms with E-state index in [0.717, 1.165) is 9.91 Å². The summed E-state index contributed by atoms with van der Waals surface area (Å²) in [7, 11) is 1.30. The third-order valence-corrected chi connectivity index (χ3v) is 5.61. The topological polar surface area (TPSA) is 52.6 Å². The van der Waals surface area contributed by atoms with E-state index in [1.165, 1.54) is 13.2 Å². The van der Waals surface area contributed by atoms with Gasteiger partial charge in [-0.2, -0.15) is 0 Å². The van der Waals surface area contributed by atoms with Crippen molar-refractivity contribution in [1.29, 1.82) is 0 Å². The molecule has 0 N–H and O–H groups in total. The molecule has 6 heteroatoms. The summed E-state index contributed by atoms with van der Waals surface area (Å²) in [6, 6.07) is 1.52. The van der Waals surface area contributed by atoms with E-state index in [1.54, 1.807) is 6.92 Å². The number of methoxy groups -OCH3 is 1. The Kier molecular flexibility index (Phi) is 4.33. The molecule has 0 aromatic heterocycles. The second-order valence-electron chi connectivity index (χ2n) is 3.91. The van der Waals surface area contributed by atoms with E-state index in [0.29, 0.717) is 22.9 Å². The Balaban J connectivity index is 2.64. The monoisotopic (exact) mass is 342 g/mol. The van der Waals surface area contributed by atoms with Gasteiger partial charge < -0.3 is 0 Å². The summed E-state index contributed by atoms with van der Waals surface area (Å²) in [6.45, 7) is 1.93. The Hall–Kier alpha value is -1.25. The van der Waals surface area contributed by atoms with Crippen molar-refractivity contribution in [3.8, 4) is 5.75 Å². The van der Waals surface area contributed by atoms with Gasteiger partial charge in [0.1, 0.15) is 0 Å². The van der Waals surface area contributed by atoms with E-state index in [-0.39, 0.29) is 4.57 Å². The molecular formula is C13H12AsClO4. The van der Waals surface area contributed by atoms with Crippen LogP contribution in [0.3, 0.4) is 0 Å². The number of esters is 1. The predicted octanol–water partition coefficient (Wildman–Crippen LogP) is 1.14. The van der Waals surface area contributed by atoms with Crippen LogP contribution in [0.5, 0.6) is 5.75 Å². The zero-order valence-corrected chi connectivity index (χ0v) is 13.3. The maximum absolute atomic E-state index is 11.7. The molecule has 0 saturated heterocycles. The zero-order valence-electron chi connectivity index (χ0n) is 10.5. The quantitative estimate of drug-likeness (QED) is 0.611. The number of rotatable bonds is 3. The predicted molar refractivity (Wildman–Crippen MR) is 74.8 cm³/mol. The van der Waals surface area contributed by atoms with Crippen molar-refractivity contribution in [3.63, 3.8) is 0 Å². The third kappa shape index (κ3) is 2.85. The van der Waals surface area contributed by atoms with E-state index in [9.17, 15) is 9.59 Å². The molecule has 1 aliphatic rings. The average molecular weight is 343 g/mol. The first-order chi connectivity index (χ1) is 9.04. The first kappa shape index (κ1) is 14.2. The Morgan fingerprint density at radius 2 is 2.21 bits per heavy atom. The summed E-state index contributed by atoms with van der Waals surface area (Å²) in [5.74, 6) is -0.0402. The number of carbonyl (C=O) groups is 2. The standard InChI is InChI=1S/C13H12AsClO4/c1-7(16)14-11-8-4-3-5-19-12(8)9(6-10(11)15)13(17)18-2/h3-4,6,14H,5H2,1-2H3.